The smallest absolute Gasteiger partial charge is 0.137 e. The summed E-state index contributed by atoms with van der Waals surface area (Å²) in [6.45, 7) is 1.40. The lowest BCUT2D eigenvalue weighted by atomic mass is 9.91. The summed E-state index contributed by atoms with van der Waals surface area (Å²) in [7, 11) is 0. The van der Waals surface area contributed by atoms with Gasteiger partial charge in [0.1, 0.15) is 12.1 Å². The lowest BCUT2D eigenvalue weighted by Gasteiger charge is -2.37. The highest BCUT2D eigenvalue weighted by atomic mass is 16.5. The minimum absolute atomic E-state index is 0.0781. The van der Waals surface area contributed by atoms with E-state index in [0.717, 1.165) is 29.6 Å². The Morgan fingerprint density at radius 1 is 1.21 bits per heavy atom. The molecule has 0 radical (unpaired) electrons. The molecule has 0 aliphatic carbocycles. The molecule has 2 heterocycles. The number of ether oxygens (including phenoxy) is 1. The fourth-order valence-corrected chi connectivity index (χ4v) is 2.44. The van der Waals surface area contributed by atoms with Crippen molar-refractivity contribution in [2.75, 3.05) is 25.1 Å². The highest BCUT2D eigenvalue weighted by Gasteiger charge is 2.32. The third kappa shape index (κ3) is 2.39. The third-order valence-electron chi connectivity index (χ3n) is 3.68. The highest BCUT2D eigenvalue weighted by molar-refractivity contribution is 5.88. The molecule has 0 bridgehead atoms. The molecule has 3 rings (SSSR count). The third-order valence-corrected chi connectivity index (χ3v) is 3.68. The minimum atomic E-state index is -0.338. The van der Waals surface area contributed by atoms with Gasteiger partial charge in [-0.25, -0.2) is 9.97 Å². The predicted molar refractivity (Wildman–Crippen MR) is 73.0 cm³/mol. The van der Waals surface area contributed by atoms with E-state index < -0.39 is 0 Å². The van der Waals surface area contributed by atoms with Crippen molar-refractivity contribution in [3.63, 3.8) is 0 Å². The van der Waals surface area contributed by atoms with Gasteiger partial charge in [-0.3, -0.25) is 0 Å². The molecule has 0 spiro atoms. The van der Waals surface area contributed by atoms with Gasteiger partial charge in [-0.05, 0) is 25.0 Å². The van der Waals surface area contributed by atoms with Gasteiger partial charge >= 0.3 is 0 Å². The minimum Gasteiger partial charge on any atom is -0.394 e. The number of fused-ring (bicyclic) bond motifs is 1. The van der Waals surface area contributed by atoms with Crippen LogP contribution in [0.1, 0.15) is 12.8 Å². The summed E-state index contributed by atoms with van der Waals surface area (Å²) < 4.78 is 5.37. The lowest BCUT2D eigenvalue weighted by molar-refractivity contribution is 0.0379. The van der Waals surface area contributed by atoms with Gasteiger partial charge < -0.3 is 15.2 Å². The molecule has 1 saturated heterocycles. The number of nitrogens with one attached hydrogen (secondary N) is 1. The number of aromatic nitrogens is 2. The van der Waals surface area contributed by atoms with Crippen LogP contribution in [0.15, 0.2) is 30.6 Å². The van der Waals surface area contributed by atoms with Gasteiger partial charge in [0.25, 0.3) is 0 Å². The summed E-state index contributed by atoms with van der Waals surface area (Å²) in [5, 5.41) is 14.1. The van der Waals surface area contributed by atoms with Crippen molar-refractivity contribution >= 4 is 16.7 Å². The number of aliphatic hydroxyl groups excluding tert-OH is 1. The molecule has 0 saturated carbocycles. The second-order valence-corrected chi connectivity index (χ2v) is 4.92. The van der Waals surface area contributed by atoms with Gasteiger partial charge in [0, 0.05) is 18.6 Å². The van der Waals surface area contributed by atoms with Gasteiger partial charge in [-0.15, -0.1) is 0 Å². The van der Waals surface area contributed by atoms with Crippen molar-refractivity contribution in [2.24, 2.45) is 0 Å². The van der Waals surface area contributed by atoms with Crippen molar-refractivity contribution in [2.45, 2.75) is 18.4 Å². The predicted octanol–water partition coefficient (Wildman–Crippen LogP) is 1.58. The van der Waals surface area contributed by atoms with Crippen molar-refractivity contribution < 1.29 is 9.84 Å². The molecule has 19 heavy (non-hydrogen) atoms. The molecule has 1 fully saturated rings. The van der Waals surface area contributed by atoms with E-state index in [-0.39, 0.29) is 12.1 Å². The molecule has 1 aliphatic rings. The summed E-state index contributed by atoms with van der Waals surface area (Å²) in [6.07, 6.45) is 3.11. The molecule has 0 atom stereocenters. The number of aliphatic hydroxyl groups is 1. The second-order valence-electron chi connectivity index (χ2n) is 4.92. The molecule has 0 amide bonds. The monoisotopic (exact) mass is 259 g/mol. The summed E-state index contributed by atoms with van der Waals surface area (Å²) in [4.78, 5) is 8.57. The van der Waals surface area contributed by atoms with E-state index in [9.17, 15) is 5.11 Å². The zero-order chi connectivity index (χ0) is 13.1. The molecule has 100 valence electrons. The lowest BCUT2D eigenvalue weighted by Crippen LogP contribution is -2.47. The number of benzene rings is 1. The Kier molecular flexibility index (Phi) is 3.31. The van der Waals surface area contributed by atoms with Crippen LogP contribution in [-0.2, 0) is 4.74 Å². The first-order valence-electron chi connectivity index (χ1n) is 6.50. The molecular formula is C14H17N3O2. The molecule has 2 N–H and O–H groups in total. The topological polar surface area (TPSA) is 67.3 Å². The second kappa shape index (κ2) is 5.11. The summed E-state index contributed by atoms with van der Waals surface area (Å²) in [5.74, 6) is 0.779. The fourth-order valence-electron chi connectivity index (χ4n) is 2.44. The number of anilines is 1. The van der Waals surface area contributed by atoms with E-state index in [1.165, 1.54) is 0 Å². The number of para-hydroxylation sites is 1. The van der Waals surface area contributed by atoms with Gasteiger partial charge in [0.05, 0.1) is 17.7 Å². The normalized spacial score (nSPS) is 18.4. The van der Waals surface area contributed by atoms with E-state index in [4.69, 9.17) is 4.74 Å². The maximum Gasteiger partial charge on any atom is 0.137 e. The van der Waals surface area contributed by atoms with Crippen LogP contribution < -0.4 is 5.32 Å². The number of rotatable bonds is 3. The molecule has 1 aromatic heterocycles. The molecule has 1 aliphatic heterocycles. The van der Waals surface area contributed by atoms with E-state index in [0.29, 0.717) is 13.2 Å². The van der Waals surface area contributed by atoms with Gasteiger partial charge in [-0.1, -0.05) is 12.1 Å². The summed E-state index contributed by atoms with van der Waals surface area (Å²) >= 11 is 0. The van der Waals surface area contributed by atoms with E-state index in [1.54, 1.807) is 6.33 Å². The SMILES string of the molecule is OCC1(Nc2ncnc3ccccc23)CCOCC1. The Balaban J connectivity index is 1.96. The van der Waals surface area contributed by atoms with Crippen LogP contribution in [0, 0.1) is 0 Å². The largest absolute Gasteiger partial charge is 0.394 e. The Bertz CT molecular complexity index is 562. The maximum absolute atomic E-state index is 9.71. The fraction of sp³-hybridized carbons (Fsp3) is 0.429. The first-order chi connectivity index (χ1) is 9.33. The van der Waals surface area contributed by atoms with Crippen LogP contribution in [-0.4, -0.2) is 40.4 Å². The average Bonchev–Trinajstić information content (AvgIpc) is 2.49. The Morgan fingerprint density at radius 3 is 2.79 bits per heavy atom. The first kappa shape index (κ1) is 12.3. The molecule has 5 nitrogen and oxygen atoms in total. The quantitative estimate of drug-likeness (QED) is 0.876. The van der Waals surface area contributed by atoms with Crippen molar-refractivity contribution in [3.8, 4) is 0 Å². The van der Waals surface area contributed by atoms with Crippen LogP contribution in [0.3, 0.4) is 0 Å². The summed E-state index contributed by atoms with van der Waals surface area (Å²) in [6, 6.07) is 7.86. The Labute approximate surface area is 111 Å². The van der Waals surface area contributed by atoms with Gasteiger partial charge in [0.2, 0.25) is 0 Å². The molecule has 5 heteroatoms. The molecule has 0 unspecified atom stereocenters. The van der Waals surface area contributed by atoms with Crippen molar-refractivity contribution in [1.29, 1.82) is 0 Å². The molecule has 2 aromatic rings. The Hall–Kier alpha value is -1.72. The number of hydrogen-bond donors (Lipinski definition) is 2. The van der Waals surface area contributed by atoms with Gasteiger partial charge in [0.15, 0.2) is 0 Å². The van der Waals surface area contributed by atoms with E-state index >= 15 is 0 Å². The number of hydrogen-bond acceptors (Lipinski definition) is 5. The standard InChI is InChI=1S/C14H17N3O2/c18-9-14(5-7-19-8-6-14)17-13-11-3-1-2-4-12(11)15-10-16-13/h1-4,10,18H,5-9H2,(H,15,16,17). The van der Waals surface area contributed by atoms with E-state index in [1.807, 2.05) is 24.3 Å². The van der Waals surface area contributed by atoms with Crippen LogP contribution in [0.4, 0.5) is 5.82 Å². The van der Waals surface area contributed by atoms with Crippen molar-refractivity contribution in [3.05, 3.63) is 30.6 Å². The van der Waals surface area contributed by atoms with Crippen LogP contribution >= 0.6 is 0 Å². The zero-order valence-electron chi connectivity index (χ0n) is 10.7. The summed E-state index contributed by atoms with van der Waals surface area (Å²) in [5.41, 5.74) is 0.565. The highest BCUT2D eigenvalue weighted by Crippen LogP contribution is 2.28. The van der Waals surface area contributed by atoms with Crippen LogP contribution in [0.25, 0.3) is 10.9 Å². The molecular weight excluding hydrogens is 242 g/mol. The molecule has 1 aromatic carbocycles. The van der Waals surface area contributed by atoms with E-state index in [2.05, 4.69) is 15.3 Å². The zero-order valence-corrected chi connectivity index (χ0v) is 10.7. The average molecular weight is 259 g/mol. The number of nitrogens with zero attached hydrogens (tertiary/aromatic N) is 2. The van der Waals surface area contributed by atoms with Gasteiger partial charge in [-0.2, -0.15) is 0 Å². The Morgan fingerprint density at radius 2 is 2.00 bits per heavy atom. The maximum atomic E-state index is 9.71. The van der Waals surface area contributed by atoms with Crippen LogP contribution in [0.5, 0.6) is 0 Å². The van der Waals surface area contributed by atoms with Crippen molar-refractivity contribution in [1.82, 2.24) is 9.97 Å². The first-order valence-corrected chi connectivity index (χ1v) is 6.50. The van der Waals surface area contributed by atoms with Crippen LogP contribution in [0.2, 0.25) is 0 Å².